The standard InChI is InChI=1S/C18H19N3S/c1-13-4-8-16(9-5-13)12-22-18-20-19-15(3)21(18)17-10-6-14(2)7-11-17/h4-11H,12H2,1-3H3. The maximum Gasteiger partial charge on any atom is 0.196 e. The van der Waals surface area contributed by atoms with Gasteiger partial charge in [-0.2, -0.15) is 0 Å². The first-order chi connectivity index (χ1) is 10.6. The second-order valence-corrected chi connectivity index (χ2v) is 6.42. The Balaban J connectivity index is 1.83. The van der Waals surface area contributed by atoms with E-state index in [-0.39, 0.29) is 0 Å². The zero-order valence-electron chi connectivity index (χ0n) is 13.1. The number of aryl methyl sites for hydroxylation is 3. The number of aromatic nitrogens is 3. The summed E-state index contributed by atoms with van der Waals surface area (Å²) in [5, 5.41) is 9.49. The van der Waals surface area contributed by atoms with Gasteiger partial charge in [-0.25, -0.2) is 0 Å². The van der Waals surface area contributed by atoms with Gasteiger partial charge in [0.05, 0.1) is 0 Å². The second-order valence-electron chi connectivity index (χ2n) is 5.48. The maximum absolute atomic E-state index is 4.32. The Hall–Kier alpha value is -2.07. The average Bonchev–Trinajstić information content (AvgIpc) is 2.89. The monoisotopic (exact) mass is 309 g/mol. The molecule has 0 bridgehead atoms. The van der Waals surface area contributed by atoms with Gasteiger partial charge >= 0.3 is 0 Å². The molecule has 0 atom stereocenters. The van der Waals surface area contributed by atoms with Crippen LogP contribution in [-0.2, 0) is 5.75 Å². The minimum Gasteiger partial charge on any atom is -0.274 e. The Morgan fingerprint density at radius 3 is 2.05 bits per heavy atom. The molecule has 1 aromatic heterocycles. The molecule has 0 radical (unpaired) electrons. The molecule has 22 heavy (non-hydrogen) atoms. The summed E-state index contributed by atoms with van der Waals surface area (Å²) in [6.45, 7) is 6.19. The second kappa shape index (κ2) is 6.36. The lowest BCUT2D eigenvalue weighted by atomic mass is 10.2. The Labute approximate surface area is 135 Å². The van der Waals surface area contributed by atoms with Crippen LogP contribution in [0.2, 0.25) is 0 Å². The predicted octanol–water partition coefficient (Wildman–Crippen LogP) is 4.48. The van der Waals surface area contributed by atoms with Crippen molar-refractivity contribution in [2.75, 3.05) is 0 Å². The molecule has 0 amide bonds. The summed E-state index contributed by atoms with van der Waals surface area (Å²) in [6.07, 6.45) is 0. The van der Waals surface area contributed by atoms with Crippen LogP contribution in [0.5, 0.6) is 0 Å². The van der Waals surface area contributed by atoms with Gasteiger partial charge < -0.3 is 0 Å². The van der Waals surface area contributed by atoms with Gasteiger partial charge in [0.15, 0.2) is 5.16 Å². The van der Waals surface area contributed by atoms with Crippen molar-refractivity contribution >= 4 is 11.8 Å². The Morgan fingerprint density at radius 2 is 1.41 bits per heavy atom. The van der Waals surface area contributed by atoms with Crippen molar-refractivity contribution in [2.45, 2.75) is 31.7 Å². The first-order valence-electron chi connectivity index (χ1n) is 7.31. The molecule has 3 aromatic rings. The number of thioether (sulfide) groups is 1. The smallest absolute Gasteiger partial charge is 0.196 e. The molecule has 0 unspecified atom stereocenters. The molecule has 3 nitrogen and oxygen atoms in total. The molecular weight excluding hydrogens is 290 g/mol. The summed E-state index contributed by atoms with van der Waals surface area (Å²) in [5.74, 6) is 1.81. The van der Waals surface area contributed by atoms with Gasteiger partial charge in [0.2, 0.25) is 0 Å². The molecular formula is C18H19N3S. The summed E-state index contributed by atoms with van der Waals surface area (Å²) in [5.41, 5.74) is 4.95. The van der Waals surface area contributed by atoms with E-state index in [0.717, 1.165) is 22.4 Å². The molecule has 0 saturated carbocycles. The molecule has 2 aromatic carbocycles. The maximum atomic E-state index is 4.32. The van der Waals surface area contributed by atoms with Crippen LogP contribution in [-0.4, -0.2) is 14.8 Å². The van der Waals surface area contributed by atoms with E-state index in [1.807, 2.05) is 6.92 Å². The molecule has 0 saturated heterocycles. The fourth-order valence-corrected chi connectivity index (χ4v) is 3.21. The molecule has 0 N–H and O–H groups in total. The van der Waals surface area contributed by atoms with Gasteiger partial charge in [-0.1, -0.05) is 59.3 Å². The molecule has 4 heteroatoms. The topological polar surface area (TPSA) is 30.7 Å². The van der Waals surface area contributed by atoms with Gasteiger partial charge in [0.1, 0.15) is 5.82 Å². The highest BCUT2D eigenvalue weighted by atomic mass is 32.2. The van der Waals surface area contributed by atoms with E-state index < -0.39 is 0 Å². The molecule has 0 aliphatic heterocycles. The Kier molecular flexibility index (Phi) is 4.29. The zero-order chi connectivity index (χ0) is 15.5. The van der Waals surface area contributed by atoms with Gasteiger partial charge in [-0.3, -0.25) is 4.57 Å². The lowest BCUT2D eigenvalue weighted by Crippen LogP contribution is -1.99. The number of rotatable bonds is 4. The van der Waals surface area contributed by atoms with Crippen molar-refractivity contribution < 1.29 is 0 Å². The van der Waals surface area contributed by atoms with Crippen molar-refractivity contribution in [1.29, 1.82) is 0 Å². The third-order valence-corrected chi connectivity index (χ3v) is 4.58. The van der Waals surface area contributed by atoms with E-state index in [1.54, 1.807) is 11.8 Å². The number of nitrogens with zero attached hydrogens (tertiary/aromatic N) is 3. The first-order valence-corrected chi connectivity index (χ1v) is 8.29. The van der Waals surface area contributed by atoms with Crippen LogP contribution in [0.15, 0.2) is 53.7 Å². The lowest BCUT2D eigenvalue weighted by molar-refractivity contribution is 0.868. The average molecular weight is 309 g/mol. The third kappa shape index (κ3) is 3.22. The molecule has 3 rings (SSSR count). The van der Waals surface area contributed by atoms with Crippen molar-refractivity contribution in [3.63, 3.8) is 0 Å². The normalized spacial score (nSPS) is 10.9. The quantitative estimate of drug-likeness (QED) is 0.666. The zero-order valence-corrected chi connectivity index (χ0v) is 13.9. The summed E-state index contributed by atoms with van der Waals surface area (Å²) in [6, 6.07) is 17.1. The molecule has 0 aliphatic carbocycles. The van der Waals surface area contributed by atoms with Crippen LogP contribution in [0.25, 0.3) is 5.69 Å². The van der Waals surface area contributed by atoms with E-state index in [2.05, 4.69) is 77.1 Å². The van der Waals surface area contributed by atoms with Crippen LogP contribution < -0.4 is 0 Å². The molecule has 112 valence electrons. The fraction of sp³-hybridized carbons (Fsp3) is 0.222. The molecule has 0 spiro atoms. The number of hydrogen-bond acceptors (Lipinski definition) is 3. The molecule has 1 heterocycles. The summed E-state index contributed by atoms with van der Waals surface area (Å²) < 4.78 is 2.11. The van der Waals surface area contributed by atoms with Crippen molar-refractivity contribution in [2.24, 2.45) is 0 Å². The first kappa shape index (κ1) is 14.9. The highest BCUT2D eigenvalue weighted by molar-refractivity contribution is 7.98. The third-order valence-electron chi connectivity index (χ3n) is 3.58. The van der Waals surface area contributed by atoms with Crippen LogP contribution in [0, 0.1) is 20.8 Å². The summed E-state index contributed by atoms with van der Waals surface area (Å²) >= 11 is 1.72. The number of benzene rings is 2. The van der Waals surface area contributed by atoms with E-state index in [0.29, 0.717) is 0 Å². The van der Waals surface area contributed by atoms with Crippen LogP contribution in [0.4, 0.5) is 0 Å². The predicted molar refractivity (Wildman–Crippen MR) is 91.6 cm³/mol. The lowest BCUT2D eigenvalue weighted by Gasteiger charge is -2.09. The van der Waals surface area contributed by atoms with E-state index in [9.17, 15) is 0 Å². The highest BCUT2D eigenvalue weighted by Crippen LogP contribution is 2.25. The summed E-state index contributed by atoms with van der Waals surface area (Å²) in [4.78, 5) is 0. The summed E-state index contributed by atoms with van der Waals surface area (Å²) in [7, 11) is 0. The van der Waals surface area contributed by atoms with Gasteiger partial charge in [0.25, 0.3) is 0 Å². The van der Waals surface area contributed by atoms with E-state index in [4.69, 9.17) is 0 Å². The Bertz CT molecular complexity index is 758. The van der Waals surface area contributed by atoms with Gasteiger partial charge in [0, 0.05) is 11.4 Å². The molecule has 0 fully saturated rings. The van der Waals surface area contributed by atoms with Crippen molar-refractivity contribution in [3.8, 4) is 5.69 Å². The van der Waals surface area contributed by atoms with Crippen LogP contribution in [0.3, 0.4) is 0 Å². The van der Waals surface area contributed by atoms with Crippen LogP contribution >= 0.6 is 11.8 Å². The largest absolute Gasteiger partial charge is 0.274 e. The molecule has 0 aliphatic rings. The minimum absolute atomic E-state index is 0.893. The highest BCUT2D eigenvalue weighted by Gasteiger charge is 2.11. The Morgan fingerprint density at radius 1 is 0.818 bits per heavy atom. The van der Waals surface area contributed by atoms with Gasteiger partial charge in [-0.05, 0) is 38.5 Å². The fourth-order valence-electron chi connectivity index (χ4n) is 2.26. The SMILES string of the molecule is Cc1ccc(CSc2nnc(C)n2-c2ccc(C)cc2)cc1. The van der Waals surface area contributed by atoms with Crippen molar-refractivity contribution in [1.82, 2.24) is 14.8 Å². The van der Waals surface area contributed by atoms with Crippen LogP contribution in [0.1, 0.15) is 22.5 Å². The minimum atomic E-state index is 0.893. The number of hydrogen-bond donors (Lipinski definition) is 0. The van der Waals surface area contributed by atoms with Gasteiger partial charge in [-0.15, -0.1) is 10.2 Å². The van der Waals surface area contributed by atoms with E-state index in [1.165, 1.54) is 16.7 Å². The van der Waals surface area contributed by atoms with Crippen molar-refractivity contribution in [3.05, 3.63) is 71.0 Å². The van der Waals surface area contributed by atoms with E-state index >= 15 is 0 Å².